The Bertz CT molecular complexity index is 1270. The molecule has 1 saturated heterocycles. The average Bonchev–Trinajstić information content (AvgIpc) is 3.49. The molecular weight excluding hydrogens is 463 g/mol. The zero-order chi connectivity index (χ0) is 23.2. The van der Waals surface area contributed by atoms with Crippen LogP contribution in [0.5, 0.6) is 0 Å². The summed E-state index contributed by atoms with van der Waals surface area (Å²) in [6.45, 7) is 2.61. The molecule has 5 rings (SSSR count). The number of halogens is 1. The van der Waals surface area contributed by atoms with Gasteiger partial charge in [-0.05, 0) is 55.1 Å². The maximum absolute atomic E-state index is 14.9. The Balaban J connectivity index is 1.37. The molecule has 11 heteroatoms. The monoisotopic (exact) mass is 488 g/mol. The summed E-state index contributed by atoms with van der Waals surface area (Å²) in [6.07, 6.45) is 3.15. The van der Waals surface area contributed by atoms with Gasteiger partial charge in [0.2, 0.25) is 0 Å². The maximum Gasteiger partial charge on any atom is 0.196 e. The van der Waals surface area contributed by atoms with Gasteiger partial charge in [-0.1, -0.05) is 12.1 Å². The summed E-state index contributed by atoms with van der Waals surface area (Å²) in [4.78, 5) is 12.1. The summed E-state index contributed by atoms with van der Waals surface area (Å²) in [7, 11) is -3.09. The van der Waals surface area contributed by atoms with Crippen LogP contribution in [0.4, 0.5) is 21.8 Å². The molecule has 0 bridgehead atoms. The van der Waals surface area contributed by atoms with Gasteiger partial charge in [0.25, 0.3) is 0 Å². The van der Waals surface area contributed by atoms with E-state index in [1.54, 1.807) is 12.1 Å². The minimum absolute atomic E-state index is 0.00200. The number of hydrogen-bond donors (Lipinski definition) is 2. The fourth-order valence-electron chi connectivity index (χ4n) is 3.97. The molecule has 2 fully saturated rings. The van der Waals surface area contributed by atoms with E-state index in [1.807, 2.05) is 36.1 Å². The molecule has 8 nitrogen and oxygen atoms in total. The minimum Gasteiger partial charge on any atom is -0.350 e. The van der Waals surface area contributed by atoms with Gasteiger partial charge in [-0.15, -0.1) is 0 Å². The third-order valence-corrected chi connectivity index (χ3v) is 7.49. The Morgan fingerprint density at radius 2 is 1.91 bits per heavy atom. The van der Waals surface area contributed by atoms with Gasteiger partial charge in [0, 0.05) is 29.0 Å². The van der Waals surface area contributed by atoms with Crippen LogP contribution in [-0.4, -0.2) is 53.6 Å². The van der Waals surface area contributed by atoms with Crippen LogP contribution in [-0.2, 0) is 15.6 Å². The number of aryl methyl sites for hydroxylation is 1. The highest BCUT2D eigenvalue weighted by Crippen LogP contribution is 2.48. The van der Waals surface area contributed by atoms with Crippen molar-refractivity contribution in [2.24, 2.45) is 5.92 Å². The first-order chi connectivity index (χ1) is 15.6. The van der Waals surface area contributed by atoms with Crippen molar-refractivity contribution in [2.75, 3.05) is 29.6 Å². The fourth-order valence-corrected chi connectivity index (χ4v) is 5.53. The average molecular weight is 489 g/mol. The Labute approximate surface area is 196 Å². The van der Waals surface area contributed by atoms with Crippen LogP contribution in [0.1, 0.15) is 24.1 Å². The van der Waals surface area contributed by atoms with Crippen LogP contribution < -0.4 is 10.2 Å². The SMILES string of the molecule is Cc1cc(Nc2cc(N3CC(F)(C4CC4)C3)nc(Sc3ccc(CS(C)(=O)=O)cc3)n2)n[nH]1. The summed E-state index contributed by atoms with van der Waals surface area (Å²) in [5, 5.41) is 10.8. The number of benzene rings is 1. The molecule has 174 valence electrons. The van der Waals surface area contributed by atoms with E-state index >= 15 is 0 Å². The summed E-state index contributed by atoms with van der Waals surface area (Å²) < 4.78 is 38.0. The van der Waals surface area contributed by atoms with E-state index < -0.39 is 15.5 Å². The zero-order valence-corrected chi connectivity index (χ0v) is 20.0. The number of anilines is 3. The van der Waals surface area contributed by atoms with Gasteiger partial charge in [-0.3, -0.25) is 5.10 Å². The van der Waals surface area contributed by atoms with Gasteiger partial charge in [0.1, 0.15) is 17.3 Å². The van der Waals surface area contributed by atoms with E-state index in [-0.39, 0.29) is 11.7 Å². The Hall–Kier alpha value is -2.66. The van der Waals surface area contributed by atoms with Crippen LogP contribution in [0.15, 0.2) is 46.5 Å². The van der Waals surface area contributed by atoms with Crippen LogP contribution in [0, 0.1) is 12.8 Å². The van der Waals surface area contributed by atoms with Gasteiger partial charge in [-0.2, -0.15) is 5.10 Å². The molecule has 0 unspecified atom stereocenters. The van der Waals surface area contributed by atoms with E-state index in [2.05, 4.69) is 25.5 Å². The quantitative estimate of drug-likeness (QED) is 0.461. The molecule has 0 amide bonds. The lowest BCUT2D eigenvalue weighted by atomic mass is 9.91. The smallest absolute Gasteiger partial charge is 0.196 e. The second-order valence-corrected chi connectivity index (χ2v) is 12.1. The third kappa shape index (κ3) is 5.30. The molecule has 2 aromatic heterocycles. The first-order valence-electron chi connectivity index (χ1n) is 10.7. The number of aromatic amines is 1. The van der Waals surface area contributed by atoms with E-state index in [4.69, 9.17) is 0 Å². The Kier molecular flexibility index (Phi) is 5.56. The lowest BCUT2D eigenvalue weighted by Gasteiger charge is -2.45. The number of alkyl halides is 1. The highest BCUT2D eigenvalue weighted by Gasteiger charge is 2.54. The van der Waals surface area contributed by atoms with Crippen molar-refractivity contribution < 1.29 is 12.8 Å². The van der Waals surface area contributed by atoms with Crippen molar-refractivity contribution >= 4 is 39.1 Å². The highest BCUT2D eigenvalue weighted by molar-refractivity contribution is 7.99. The van der Waals surface area contributed by atoms with E-state index in [0.717, 1.165) is 29.0 Å². The van der Waals surface area contributed by atoms with Gasteiger partial charge in [-0.25, -0.2) is 22.8 Å². The number of H-pyrrole nitrogens is 1. The summed E-state index contributed by atoms with van der Waals surface area (Å²) >= 11 is 1.37. The van der Waals surface area contributed by atoms with Gasteiger partial charge in [0.15, 0.2) is 20.8 Å². The predicted molar refractivity (Wildman–Crippen MR) is 127 cm³/mol. The van der Waals surface area contributed by atoms with Crippen LogP contribution in [0.25, 0.3) is 0 Å². The van der Waals surface area contributed by atoms with Crippen LogP contribution >= 0.6 is 11.8 Å². The van der Waals surface area contributed by atoms with Crippen molar-refractivity contribution in [2.45, 2.75) is 41.2 Å². The van der Waals surface area contributed by atoms with E-state index in [1.165, 1.54) is 18.0 Å². The number of aromatic nitrogens is 4. The van der Waals surface area contributed by atoms with Gasteiger partial charge >= 0.3 is 0 Å². The van der Waals surface area contributed by atoms with Crippen LogP contribution in [0.2, 0.25) is 0 Å². The molecule has 2 N–H and O–H groups in total. The highest BCUT2D eigenvalue weighted by atomic mass is 32.2. The second kappa shape index (κ2) is 8.28. The first kappa shape index (κ1) is 22.1. The van der Waals surface area contributed by atoms with Crippen molar-refractivity contribution in [3.63, 3.8) is 0 Å². The lowest BCUT2D eigenvalue weighted by Crippen LogP contribution is -2.60. The van der Waals surface area contributed by atoms with Crippen molar-refractivity contribution in [3.8, 4) is 0 Å². The molecule has 0 atom stereocenters. The van der Waals surface area contributed by atoms with Crippen molar-refractivity contribution in [1.29, 1.82) is 0 Å². The summed E-state index contributed by atoms with van der Waals surface area (Å²) in [6, 6.07) is 11.0. The first-order valence-corrected chi connectivity index (χ1v) is 13.6. The number of hydrogen-bond acceptors (Lipinski definition) is 8. The third-order valence-electron chi connectivity index (χ3n) is 5.76. The molecule has 33 heavy (non-hydrogen) atoms. The standard InChI is InChI=1S/C22H25FN6O2S2/c1-14-9-19(28-27-14)24-18-10-20(29-12-22(23,13-29)16-5-6-16)26-21(25-18)32-17-7-3-15(4-8-17)11-33(2,30)31/h3-4,7-10,16H,5-6,11-13H2,1-2H3,(H2,24,25,26,27,28). The predicted octanol–water partition coefficient (Wildman–Crippen LogP) is 3.89. The lowest BCUT2D eigenvalue weighted by molar-refractivity contribution is 0.0924. The molecular formula is C22H25FN6O2S2. The fraction of sp³-hybridized carbons (Fsp3) is 0.409. The zero-order valence-electron chi connectivity index (χ0n) is 18.4. The number of rotatable bonds is 8. The molecule has 3 heterocycles. The second-order valence-electron chi connectivity index (χ2n) is 8.94. The summed E-state index contributed by atoms with van der Waals surface area (Å²) in [5.41, 5.74) is 0.540. The van der Waals surface area contributed by atoms with Crippen molar-refractivity contribution in [1.82, 2.24) is 20.2 Å². The summed E-state index contributed by atoms with van der Waals surface area (Å²) in [5.74, 6) is 2.07. The maximum atomic E-state index is 14.9. The van der Waals surface area contributed by atoms with Crippen LogP contribution in [0.3, 0.4) is 0 Å². The number of sulfone groups is 1. The molecule has 1 saturated carbocycles. The van der Waals surface area contributed by atoms with E-state index in [9.17, 15) is 12.8 Å². The number of nitrogens with one attached hydrogen (secondary N) is 2. The molecule has 0 spiro atoms. The Morgan fingerprint density at radius 1 is 1.18 bits per heavy atom. The van der Waals surface area contributed by atoms with Gasteiger partial charge < -0.3 is 10.2 Å². The Morgan fingerprint density at radius 3 is 2.52 bits per heavy atom. The van der Waals surface area contributed by atoms with Crippen molar-refractivity contribution in [3.05, 3.63) is 47.7 Å². The molecule has 0 radical (unpaired) electrons. The minimum atomic E-state index is -3.09. The number of nitrogens with zero attached hydrogens (tertiary/aromatic N) is 4. The molecule has 2 aliphatic rings. The largest absolute Gasteiger partial charge is 0.350 e. The molecule has 1 aromatic carbocycles. The molecule has 3 aromatic rings. The van der Waals surface area contributed by atoms with E-state index in [0.29, 0.717) is 35.7 Å². The normalized spacial score (nSPS) is 17.6. The molecule has 1 aliphatic heterocycles. The molecule has 1 aliphatic carbocycles. The van der Waals surface area contributed by atoms with Gasteiger partial charge in [0.05, 0.1) is 18.8 Å². The topological polar surface area (TPSA) is 104 Å².